The predicted molar refractivity (Wildman–Crippen MR) is 115 cm³/mol. The minimum absolute atomic E-state index is 0.0754. The lowest BCUT2D eigenvalue weighted by Crippen LogP contribution is -2.42. The van der Waals surface area contributed by atoms with Gasteiger partial charge in [-0.2, -0.15) is 0 Å². The molecule has 9 heteroatoms. The number of nitrogens with one attached hydrogen (secondary N) is 1. The van der Waals surface area contributed by atoms with Crippen LogP contribution in [0.3, 0.4) is 0 Å². The number of ketones is 1. The summed E-state index contributed by atoms with van der Waals surface area (Å²) in [7, 11) is 0. The van der Waals surface area contributed by atoms with Gasteiger partial charge in [0, 0.05) is 30.0 Å². The Kier molecular flexibility index (Phi) is 6.61. The van der Waals surface area contributed by atoms with Gasteiger partial charge in [-0.15, -0.1) is 0 Å². The van der Waals surface area contributed by atoms with E-state index in [1.807, 2.05) is 30.3 Å². The summed E-state index contributed by atoms with van der Waals surface area (Å²) < 4.78 is 0.927. The van der Waals surface area contributed by atoms with Crippen molar-refractivity contribution in [3.63, 3.8) is 0 Å². The number of carbonyl (C=O) groups is 2. The van der Waals surface area contributed by atoms with Crippen LogP contribution in [0.4, 0.5) is 5.69 Å². The SMILES string of the molecule is C[C@@H](NC(=O)[C@@H](C(=O)c1cccc([N+](=O)[O-])c1)n1cc(Cl)ccc1=O)c1ccccc1. The molecule has 0 radical (unpaired) electrons. The number of hydrogen-bond acceptors (Lipinski definition) is 5. The molecule has 1 aromatic heterocycles. The second-order valence-corrected chi connectivity index (χ2v) is 7.24. The Hall–Kier alpha value is -3.78. The van der Waals surface area contributed by atoms with Crippen LogP contribution >= 0.6 is 11.6 Å². The van der Waals surface area contributed by atoms with E-state index >= 15 is 0 Å². The summed E-state index contributed by atoms with van der Waals surface area (Å²) in [6.45, 7) is 1.74. The zero-order valence-corrected chi connectivity index (χ0v) is 17.2. The summed E-state index contributed by atoms with van der Waals surface area (Å²) in [5.74, 6) is -1.51. The predicted octanol–water partition coefficient (Wildman–Crippen LogP) is 3.71. The first-order valence-electron chi connectivity index (χ1n) is 9.29. The van der Waals surface area contributed by atoms with Crippen LogP contribution in [0.15, 0.2) is 77.7 Å². The van der Waals surface area contributed by atoms with Crippen molar-refractivity contribution in [3.8, 4) is 0 Å². The monoisotopic (exact) mass is 439 g/mol. The van der Waals surface area contributed by atoms with Gasteiger partial charge in [0.2, 0.25) is 0 Å². The number of pyridine rings is 1. The number of benzene rings is 2. The van der Waals surface area contributed by atoms with Crippen LogP contribution in [0.25, 0.3) is 0 Å². The van der Waals surface area contributed by atoms with Gasteiger partial charge >= 0.3 is 0 Å². The first-order valence-corrected chi connectivity index (χ1v) is 9.67. The summed E-state index contributed by atoms with van der Waals surface area (Å²) in [6.07, 6.45) is 1.19. The Morgan fingerprint density at radius 3 is 2.45 bits per heavy atom. The Balaban J connectivity index is 2.02. The van der Waals surface area contributed by atoms with E-state index in [1.165, 1.54) is 30.5 Å². The lowest BCUT2D eigenvalue weighted by molar-refractivity contribution is -0.384. The maximum absolute atomic E-state index is 13.3. The standard InChI is InChI=1S/C22H18ClN3O5/c1-14(15-6-3-2-4-7-15)24-22(29)20(25-13-17(23)10-11-19(25)27)21(28)16-8-5-9-18(12-16)26(30)31/h2-14,20H,1H3,(H,24,29)/t14-,20-/m1/s1. The number of non-ortho nitro benzene ring substituents is 1. The van der Waals surface area contributed by atoms with Gasteiger partial charge in [0.15, 0.2) is 11.8 Å². The molecule has 0 fully saturated rings. The average Bonchev–Trinajstić information content (AvgIpc) is 2.76. The first kappa shape index (κ1) is 21.9. The van der Waals surface area contributed by atoms with Gasteiger partial charge in [-0.3, -0.25) is 29.1 Å². The summed E-state index contributed by atoms with van der Waals surface area (Å²) in [4.78, 5) is 49.3. The van der Waals surface area contributed by atoms with Gasteiger partial charge in [-0.25, -0.2) is 0 Å². The number of rotatable bonds is 7. The molecule has 3 rings (SSSR count). The Labute approximate surface area is 182 Å². The van der Waals surface area contributed by atoms with E-state index in [1.54, 1.807) is 6.92 Å². The molecule has 3 aromatic rings. The topological polar surface area (TPSA) is 111 Å². The summed E-state index contributed by atoms with van der Waals surface area (Å²) in [5, 5.41) is 14.0. The maximum Gasteiger partial charge on any atom is 0.270 e. The number of nitro benzene ring substituents is 1. The summed E-state index contributed by atoms with van der Waals surface area (Å²) in [6, 6.07) is 14.5. The molecule has 0 spiro atoms. The third-order valence-electron chi connectivity index (χ3n) is 4.68. The highest BCUT2D eigenvalue weighted by Crippen LogP contribution is 2.21. The van der Waals surface area contributed by atoms with Crippen LogP contribution in [0.5, 0.6) is 0 Å². The fourth-order valence-corrected chi connectivity index (χ4v) is 3.27. The fourth-order valence-electron chi connectivity index (χ4n) is 3.10. The molecule has 0 aliphatic rings. The minimum Gasteiger partial charge on any atom is -0.347 e. The van der Waals surface area contributed by atoms with Gasteiger partial charge < -0.3 is 5.32 Å². The van der Waals surface area contributed by atoms with Gasteiger partial charge in [-0.1, -0.05) is 54.1 Å². The second-order valence-electron chi connectivity index (χ2n) is 6.81. The number of carbonyl (C=O) groups excluding carboxylic acids is 2. The molecule has 0 bridgehead atoms. The molecular weight excluding hydrogens is 422 g/mol. The number of Topliss-reactive ketones (excluding diaryl/α,β-unsaturated/α-hetero) is 1. The zero-order valence-electron chi connectivity index (χ0n) is 16.4. The molecule has 1 N–H and O–H groups in total. The van der Waals surface area contributed by atoms with Gasteiger partial charge in [-0.05, 0) is 18.6 Å². The second kappa shape index (κ2) is 9.36. The van der Waals surface area contributed by atoms with Crippen LogP contribution in [-0.2, 0) is 4.79 Å². The molecule has 0 aliphatic carbocycles. The molecular formula is C22H18ClN3O5. The number of nitrogens with zero attached hydrogens (tertiary/aromatic N) is 2. The van der Waals surface area contributed by atoms with E-state index in [2.05, 4.69) is 5.32 Å². The van der Waals surface area contributed by atoms with Crippen molar-refractivity contribution in [2.75, 3.05) is 0 Å². The van der Waals surface area contributed by atoms with Gasteiger partial charge in [0.25, 0.3) is 17.2 Å². The van der Waals surface area contributed by atoms with Crippen LogP contribution in [-0.4, -0.2) is 21.2 Å². The number of aromatic nitrogens is 1. The molecule has 0 saturated heterocycles. The molecule has 0 saturated carbocycles. The Bertz CT molecular complexity index is 1190. The van der Waals surface area contributed by atoms with Crippen molar-refractivity contribution in [1.82, 2.24) is 9.88 Å². The lowest BCUT2D eigenvalue weighted by atomic mass is 10.0. The highest BCUT2D eigenvalue weighted by atomic mass is 35.5. The van der Waals surface area contributed by atoms with Crippen molar-refractivity contribution in [2.24, 2.45) is 0 Å². The van der Waals surface area contributed by atoms with E-state index in [4.69, 9.17) is 11.6 Å². The van der Waals surface area contributed by atoms with Crippen LogP contribution < -0.4 is 10.9 Å². The third kappa shape index (κ3) is 5.04. The van der Waals surface area contributed by atoms with Crippen molar-refractivity contribution < 1.29 is 14.5 Å². The van der Waals surface area contributed by atoms with Gasteiger partial charge in [0.1, 0.15) is 0 Å². The molecule has 158 valence electrons. The summed E-state index contributed by atoms with van der Waals surface area (Å²) >= 11 is 5.99. The summed E-state index contributed by atoms with van der Waals surface area (Å²) in [5.41, 5.74) is -0.193. The van der Waals surface area contributed by atoms with Crippen molar-refractivity contribution in [3.05, 3.63) is 110 Å². The smallest absolute Gasteiger partial charge is 0.270 e. The number of amides is 1. The molecule has 2 atom stereocenters. The lowest BCUT2D eigenvalue weighted by Gasteiger charge is -2.22. The number of nitro groups is 1. The quantitative estimate of drug-likeness (QED) is 0.261. The Morgan fingerprint density at radius 2 is 1.77 bits per heavy atom. The normalized spacial score (nSPS) is 12.6. The van der Waals surface area contributed by atoms with E-state index in [9.17, 15) is 24.5 Å². The molecule has 0 unspecified atom stereocenters. The van der Waals surface area contributed by atoms with E-state index in [-0.39, 0.29) is 16.3 Å². The molecule has 0 aliphatic heterocycles. The highest BCUT2D eigenvalue weighted by molar-refractivity contribution is 6.30. The van der Waals surface area contributed by atoms with Crippen LogP contribution in [0, 0.1) is 10.1 Å². The van der Waals surface area contributed by atoms with Crippen molar-refractivity contribution in [2.45, 2.75) is 19.0 Å². The zero-order chi connectivity index (χ0) is 22.5. The average molecular weight is 440 g/mol. The number of hydrogen-bond donors (Lipinski definition) is 1. The molecule has 2 aromatic carbocycles. The van der Waals surface area contributed by atoms with E-state index in [0.29, 0.717) is 0 Å². The Morgan fingerprint density at radius 1 is 1.06 bits per heavy atom. The highest BCUT2D eigenvalue weighted by Gasteiger charge is 2.32. The van der Waals surface area contributed by atoms with E-state index in [0.717, 1.165) is 22.3 Å². The molecule has 8 nitrogen and oxygen atoms in total. The minimum atomic E-state index is -1.60. The fraction of sp³-hybridized carbons (Fsp3) is 0.136. The first-order chi connectivity index (χ1) is 14.8. The molecule has 1 heterocycles. The molecule has 1 amide bonds. The van der Waals surface area contributed by atoms with Crippen LogP contribution in [0.1, 0.15) is 34.9 Å². The van der Waals surface area contributed by atoms with Crippen molar-refractivity contribution in [1.29, 1.82) is 0 Å². The molecule has 31 heavy (non-hydrogen) atoms. The number of halogens is 1. The third-order valence-corrected chi connectivity index (χ3v) is 4.90. The van der Waals surface area contributed by atoms with Crippen molar-refractivity contribution >= 4 is 29.0 Å². The largest absolute Gasteiger partial charge is 0.347 e. The van der Waals surface area contributed by atoms with E-state index < -0.39 is 34.3 Å². The maximum atomic E-state index is 13.3. The van der Waals surface area contributed by atoms with Crippen LogP contribution in [0.2, 0.25) is 5.02 Å². The van der Waals surface area contributed by atoms with Gasteiger partial charge in [0.05, 0.1) is 16.0 Å².